The lowest BCUT2D eigenvalue weighted by Gasteiger charge is -2.33. The van der Waals surface area contributed by atoms with Crippen LogP contribution in [-0.4, -0.2) is 191 Å². The summed E-state index contributed by atoms with van der Waals surface area (Å²) >= 11 is 0. The van der Waals surface area contributed by atoms with Gasteiger partial charge in [-0.3, -0.25) is 62.3 Å². The number of nitrogens with zero attached hydrogens (tertiary/aromatic N) is 1. The quantitative estimate of drug-likeness (QED) is 0.0387. The van der Waals surface area contributed by atoms with Crippen LogP contribution in [0.15, 0.2) is 72.4 Å². The maximum Gasteiger partial charge on any atom is 0.329 e. The van der Waals surface area contributed by atoms with E-state index in [0.29, 0.717) is 24.0 Å². The Morgan fingerprint density at radius 1 is 0.600 bits per heavy atom. The molecule has 0 spiro atoms. The highest BCUT2D eigenvalue weighted by Crippen LogP contribution is 2.23. The fourth-order valence-corrected chi connectivity index (χ4v) is 12.0. The smallest absolute Gasteiger partial charge is 0.329 e. The molecule has 30 nitrogen and oxygen atoms in total. The molecule has 15 N–H and O–H groups in total. The van der Waals surface area contributed by atoms with E-state index in [1.54, 1.807) is 158 Å². The molecule has 0 aromatic heterocycles. The molecule has 105 heavy (non-hydrogen) atoms. The number of amides is 13. The van der Waals surface area contributed by atoms with Gasteiger partial charge in [-0.25, -0.2) is 4.79 Å². The number of cyclic esters (lactones) is 1. The summed E-state index contributed by atoms with van der Waals surface area (Å²) < 4.78 is 5.96. The number of carbonyl (C=O) groups is 14. The van der Waals surface area contributed by atoms with Gasteiger partial charge in [0.25, 0.3) is 11.8 Å². The van der Waals surface area contributed by atoms with Crippen molar-refractivity contribution in [2.24, 2.45) is 47.2 Å². The summed E-state index contributed by atoms with van der Waals surface area (Å²) in [5.74, 6) is -15.9. The molecular formula is C75H116N14O16. The molecule has 4 rings (SSSR count). The largest absolute Gasteiger partial charge is 0.458 e. The van der Waals surface area contributed by atoms with Gasteiger partial charge in [0.15, 0.2) is 0 Å². The van der Waals surface area contributed by atoms with Crippen molar-refractivity contribution >= 4 is 82.8 Å². The minimum atomic E-state index is -1.83. The molecule has 2 heterocycles. The van der Waals surface area contributed by atoms with Crippen LogP contribution in [0.1, 0.15) is 172 Å². The Kier molecular flexibility index (Phi) is 35.2. The summed E-state index contributed by atoms with van der Waals surface area (Å²) in [5.41, 5.74) is 6.63. The van der Waals surface area contributed by atoms with E-state index in [4.69, 9.17) is 10.5 Å². The lowest BCUT2D eigenvalue weighted by atomic mass is 9.95. The van der Waals surface area contributed by atoms with Crippen LogP contribution >= 0.6 is 0 Å². The zero-order valence-electron chi connectivity index (χ0n) is 63.9. The van der Waals surface area contributed by atoms with Crippen molar-refractivity contribution in [3.05, 3.63) is 83.6 Å². The molecule has 2 fully saturated rings. The third-order valence-corrected chi connectivity index (χ3v) is 19.1. The number of hydrogen-bond donors (Lipinski definition) is 14. The normalized spacial score (nSPS) is 22.5. The maximum atomic E-state index is 15.0. The fourth-order valence-electron chi connectivity index (χ4n) is 12.0. The molecule has 2 aliphatic rings. The molecular weight excluding hydrogens is 1350 g/mol. The first-order valence-corrected chi connectivity index (χ1v) is 36.7. The second-order valence-corrected chi connectivity index (χ2v) is 29.2. The minimum Gasteiger partial charge on any atom is -0.458 e. The zero-order chi connectivity index (χ0) is 78.9. The van der Waals surface area contributed by atoms with Crippen LogP contribution in [0.2, 0.25) is 0 Å². The Balaban J connectivity index is 1.64. The number of ether oxygens (including phenoxy) is 1. The van der Waals surface area contributed by atoms with E-state index in [1.165, 1.54) is 31.7 Å². The number of carbonyl (C=O) groups excluding carboxylic acids is 14. The van der Waals surface area contributed by atoms with Crippen LogP contribution in [0, 0.1) is 41.4 Å². The van der Waals surface area contributed by atoms with E-state index >= 15 is 9.59 Å². The third-order valence-electron chi connectivity index (χ3n) is 19.1. The first-order chi connectivity index (χ1) is 49.4. The summed E-state index contributed by atoms with van der Waals surface area (Å²) in [6, 6.07) is 0.346. The fraction of sp³-hybridized carbons (Fsp3) is 0.627. The van der Waals surface area contributed by atoms with Crippen LogP contribution in [0.5, 0.6) is 0 Å². The highest BCUT2D eigenvalue weighted by Gasteiger charge is 2.44. The summed E-state index contributed by atoms with van der Waals surface area (Å²) in [4.78, 5) is 202. The van der Waals surface area contributed by atoms with E-state index in [1.807, 2.05) is 0 Å². The molecule has 2 saturated heterocycles. The van der Waals surface area contributed by atoms with Gasteiger partial charge in [-0.05, 0) is 112 Å². The predicted molar refractivity (Wildman–Crippen MR) is 392 cm³/mol. The predicted octanol–water partition coefficient (Wildman–Crippen LogP) is 1.32. The van der Waals surface area contributed by atoms with Gasteiger partial charge in [-0.2, -0.15) is 0 Å². The topological polar surface area (TPSA) is 442 Å². The van der Waals surface area contributed by atoms with E-state index in [2.05, 4.69) is 63.8 Å². The maximum absolute atomic E-state index is 15.0. The van der Waals surface area contributed by atoms with Gasteiger partial charge in [0.05, 0.1) is 6.10 Å². The standard InChI is InChI=1S/C75H116N14O16/c1-18-43(14)58(71(100)88-61-46(17)105-75(104)57(42(12)13)84-63(92)49(20-3)77-65(94)51(37-47-29-23-21-24-30-47)79-67(96)53(38(4)5)81-70(99)59(44(15)19-2)86-73(61)102)85-64(93)50(33-27-35-76)78-66(95)52-34-28-36-89(52)74(103)56(41(10)11)83-68(97)55(40(8)9)82-72(101)60(45(16)90)87-69(98)54(39(6)7)80-62(91)48-31-25-22-26-32-48/h20-26,29-32,38-46,50-61,90H,18-19,27-28,33-37,76H2,1-17H3,(H,77,94)(H,78,95)(H,79,96)(H,80,91)(H,81,99)(H,82,101)(H,83,97)(H,84,92)(H,85,93)(H,86,102)(H,87,98)(H,88,100)/b49-20-/t43-,44-,45-,46+,50+,51+,52-,53-,54-,55+,56-,57+,58-,59-,60+,61-/m1/s1. The summed E-state index contributed by atoms with van der Waals surface area (Å²) in [6.07, 6.45) is -0.639. The number of likely N-dealkylation sites (tertiary alicyclic amines) is 1. The number of nitrogens with two attached hydrogens (primary N) is 1. The van der Waals surface area contributed by atoms with Crippen LogP contribution in [-0.2, 0) is 73.5 Å². The van der Waals surface area contributed by atoms with Crippen molar-refractivity contribution in [2.75, 3.05) is 13.1 Å². The molecule has 13 amide bonds. The van der Waals surface area contributed by atoms with Crippen LogP contribution in [0.25, 0.3) is 0 Å². The number of benzene rings is 2. The van der Waals surface area contributed by atoms with Crippen molar-refractivity contribution in [1.82, 2.24) is 68.7 Å². The van der Waals surface area contributed by atoms with E-state index in [-0.39, 0.29) is 50.9 Å². The number of hydrogen-bond acceptors (Lipinski definition) is 17. The van der Waals surface area contributed by atoms with Gasteiger partial charge in [-0.1, -0.05) is 164 Å². The van der Waals surface area contributed by atoms with Gasteiger partial charge in [0, 0.05) is 18.5 Å². The second kappa shape index (κ2) is 42.0. The molecule has 30 heteroatoms. The zero-order valence-corrected chi connectivity index (χ0v) is 63.9. The Morgan fingerprint density at radius 3 is 1.66 bits per heavy atom. The molecule has 0 aliphatic carbocycles. The van der Waals surface area contributed by atoms with Crippen molar-refractivity contribution in [3.8, 4) is 0 Å². The molecule has 0 bridgehead atoms. The Hall–Kier alpha value is -9.32. The summed E-state index contributed by atoms with van der Waals surface area (Å²) in [6.45, 7) is 27.5. The average molecular weight is 1470 g/mol. The molecule has 2 aliphatic heterocycles. The first-order valence-electron chi connectivity index (χ1n) is 36.7. The van der Waals surface area contributed by atoms with E-state index in [0.717, 1.165) is 0 Å². The van der Waals surface area contributed by atoms with Gasteiger partial charge in [-0.15, -0.1) is 0 Å². The molecule has 2 aromatic carbocycles. The molecule has 582 valence electrons. The SMILES string of the molecule is C/C=C1\NC(=O)[C@H](Cc2ccccc2)NC(=O)[C@@H](C(C)C)NC(=O)[C@@H]([C@H](C)CC)NC(=O)[C@H](NC(=O)[C@H](NC(=O)[C@H](CCCN)NC(=O)[C@H]2CCCN2C(=O)[C@H](NC(=O)[C@@H](NC(=O)[C@@H](NC(=O)[C@H](NC(=O)c2ccccc2)C(C)C)[C@@H](C)O)C(C)C)C(C)C)[C@H](C)CC)[C@H](C)OC(=O)[C@H](C(C)C)NC1=O. The summed E-state index contributed by atoms with van der Waals surface area (Å²) in [7, 11) is 0. The minimum absolute atomic E-state index is 0.0369. The molecule has 0 unspecified atom stereocenters. The first kappa shape index (κ1) is 88.1. The third kappa shape index (κ3) is 25.5. The van der Waals surface area contributed by atoms with Gasteiger partial charge in [0.1, 0.15) is 84.3 Å². The Morgan fingerprint density at radius 2 is 1.12 bits per heavy atom. The monoisotopic (exact) mass is 1470 g/mol. The number of rotatable bonds is 30. The number of esters is 1. The van der Waals surface area contributed by atoms with Crippen LogP contribution in [0.4, 0.5) is 0 Å². The molecule has 2 aromatic rings. The van der Waals surface area contributed by atoms with Crippen molar-refractivity contribution in [2.45, 2.75) is 247 Å². The van der Waals surface area contributed by atoms with E-state index < -0.39 is 209 Å². The highest BCUT2D eigenvalue weighted by atomic mass is 16.5. The highest BCUT2D eigenvalue weighted by molar-refractivity contribution is 6.03. The van der Waals surface area contributed by atoms with E-state index in [9.17, 15) is 62.6 Å². The van der Waals surface area contributed by atoms with Gasteiger partial charge >= 0.3 is 5.97 Å². The van der Waals surface area contributed by atoms with Crippen LogP contribution in [0.3, 0.4) is 0 Å². The van der Waals surface area contributed by atoms with Gasteiger partial charge < -0.3 is 84.3 Å². The number of aliphatic hydroxyl groups is 1. The Labute approximate surface area is 617 Å². The van der Waals surface area contributed by atoms with Crippen molar-refractivity contribution in [3.63, 3.8) is 0 Å². The molecule has 0 saturated carbocycles. The van der Waals surface area contributed by atoms with Crippen molar-refractivity contribution < 1.29 is 77.0 Å². The lowest BCUT2D eigenvalue weighted by molar-refractivity contribution is -0.157. The summed E-state index contributed by atoms with van der Waals surface area (Å²) in [5, 5.41) is 43.1. The lowest BCUT2D eigenvalue weighted by Crippen LogP contribution is -2.64. The molecule has 0 radical (unpaired) electrons. The van der Waals surface area contributed by atoms with Crippen molar-refractivity contribution in [1.29, 1.82) is 0 Å². The number of allylic oxidation sites excluding steroid dienone is 1. The average Bonchev–Trinajstić information content (AvgIpc) is 1.81. The molecule has 16 atom stereocenters. The van der Waals surface area contributed by atoms with Gasteiger partial charge in [0.2, 0.25) is 65.0 Å². The Bertz CT molecular complexity index is 3370. The number of nitrogens with one attached hydrogen (secondary N) is 12. The second-order valence-electron chi connectivity index (χ2n) is 29.2. The number of aliphatic hydroxyl groups excluding tert-OH is 1. The van der Waals surface area contributed by atoms with Crippen LogP contribution < -0.4 is 69.5 Å².